The van der Waals surface area contributed by atoms with Crippen LogP contribution in [-0.2, 0) is 0 Å². The summed E-state index contributed by atoms with van der Waals surface area (Å²) in [6, 6.07) is 8.52. The molecule has 6 nitrogen and oxygen atoms in total. The van der Waals surface area contributed by atoms with Crippen molar-refractivity contribution < 1.29 is 9.18 Å². The quantitative estimate of drug-likeness (QED) is 0.766. The molecule has 2 heterocycles. The predicted molar refractivity (Wildman–Crippen MR) is 91.2 cm³/mol. The van der Waals surface area contributed by atoms with Crippen LogP contribution >= 0.6 is 0 Å². The van der Waals surface area contributed by atoms with Gasteiger partial charge in [0.05, 0.1) is 23.5 Å². The van der Waals surface area contributed by atoms with Gasteiger partial charge in [0.1, 0.15) is 5.82 Å². The Labute approximate surface area is 143 Å². The van der Waals surface area contributed by atoms with Crippen LogP contribution in [0.1, 0.15) is 34.6 Å². The first-order chi connectivity index (χ1) is 12.0. The number of hydrogen-bond acceptors (Lipinski definition) is 3. The fourth-order valence-corrected chi connectivity index (χ4v) is 2.60. The van der Waals surface area contributed by atoms with E-state index in [0.29, 0.717) is 5.56 Å². The highest BCUT2D eigenvalue weighted by atomic mass is 19.1. The number of nitrogens with zero attached hydrogens (tertiary/aromatic N) is 2. The molecular formula is C18H17FN4O2. The maximum atomic E-state index is 13.1. The van der Waals surface area contributed by atoms with Crippen molar-refractivity contribution in [1.82, 2.24) is 20.1 Å². The Morgan fingerprint density at radius 3 is 2.60 bits per heavy atom. The van der Waals surface area contributed by atoms with Crippen molar-refractivity contribution in [2.45, 2.75) is 19.9 Å². The normalized spacial score (nSPS) is 12.0. The van der Waals surface area contributed by atoms with E-state index in [-0.39, 0.29) is 23.3 Å². The maximum Gasteiger partial charge on any atom is 0.253 e. The van der Waals surface area contributed by atoms with Crippen LogP contribution in [0.4, 0.5) is 4.39 Å². The molecule has 2 aromatic heterocycles. The van der Waals surface area contributed by atoms with Gasteiger partial charge in [0.25, 0.3) is 5.91 Å². The highest BCUT2D eigenvalue weighted by Crippen LogP contribution is 2.20. The molecule has 1 atom stereocenters. The van der Waals surface area contributed by atoms with Crippen molar-refractivity contribution in [2.24, 2.45) is 0 Å². The minimum absolute atomic E-state index is 0.263. The Morgan fingerprint density at radius 2 is 1.96 bits per heavy atom. The van der Waals surface area contributed by atoms with Crippen LogP contribution in [0.2, 0.25) is 0 Å². The molecule has 0 aliphatic carbocycles. The summed E-state index contributed by atoms with van der Waals surface area (Å²) in [5.41, 5.74) is 2.54. The molecule has 0 saturated heterocycles. The van der Waals surface area contributed by atoms with Crippen LogP contribution in [0.25, 0.3) is 5.69 Å². The fourth-order valence-electron chi connectivity index (χ4n) is 2.60. The standard InChI is InChI=1S/C18H17FN4O2/c1-11(22-18(25)13-3-8-17(24)20-9-13)16-10-21-23(12(16)2)15-6-4-14(19)5-7-15/h3-11H,1-2H3,(H,20,24)(H,22,25)/t11-/m0/s1. The largest absolute Gasteiger partial charge is 0.345 e. The summed E-state index contributed by atoms with van der Waals surface area (Å²) < 4.78 is 14.8. The van der Waals surface area contributed by atoms with Crippen LogP contribution in [0.5, 0.6) is 0 Å². The molecule has 25 heavy (non-hydrogen) atoms. The molecule has 7 heteroatoms. The van der Waals surface area contributed by atoms with E-state index in [1.54, 1.807) is 23.0 Å². The van der Waals surface area contributed by atoms with Crippen LogP contribution in [0, 0.1) is 12.7 Å². The Hall–Kier alpha value is -3.22. The lowest BCUT2D eigenvalue weighted by atomic mass is 10.1. The fraction of sp³-hybridized carbons (Fsp3) is 0.167. The number of carbonyl (C=O) groups is 1. The average molecular weight is 340 g/mol. The third kappa shape index (κ3) is 3.50. The zero-order chi connectivity index (χ0) is 18.0. The number of carbonyl (C=O) groups excluding carboxylic acids is 1. The first-order valence-electron chi connectivity index (χ1n) is 7.76. The number of H-pyrrole nitrogens is 1. The van der Waals surface area contributed by atoms with Crippen molar-refractivity contribution in [2.75, 3.05) is 0 Å². The highest BCUT2D eigenvalue weighted by molar-refractivity contribution is 5.94. The summed E-state index contributed by atoms with van der Waals surface area (Å²) >= 11 is 0. The second-order valence-electron chi connectivity index (χ2n) is 5.71. The number of benzene rings is 1. The lowest BCUT2D eigenvalue weighted by molar-refractivity contribution is 0.0939. The molecule has 1 amide bonds. The van der Waals surface area contributed by atoms with E-state index in [9.17, 15) is 14.0 Å². The third-order valence-corrected chi connectivity index (χ3v) is 3.98. The molecule has 3 rings (SSSR count). The van der Waals surface area contributed by atoms with Gasteiger partial charge in [-0.05, 0) is 44.2 Å². The van der Waals surface area contributed by atoms with Gasteiger partial charge in [-0.2, -0.15) is 5.10 Å². The molecule has 0 fully saturated rings. The first kappa shape index (κ1) is 16.6. The van der Waals surface area contributed by atoms with Crippen LogP contribution in [0.15, 0.2) is 53.6 Å². The molecule has 0 aliphatic rings. The molecule has 0 radical (unpaired) electrons. The monoisotopic (exact) mass is 340 g/mol. The number of amides is 1. The lowest BCUT2D eigenvalue weighted by Crippen LogP contribution is -2.27. The van der Waals surface area contributed by atoms with Crippen molar-refractivity contribution in [3.05, 3.63) is 81.8 Å². The molecule has 0 unspecified atom stereocenters. The van der Waals surface area contributed by atoms with E-state index in [0.717, 1.165) is 16.9 Å². The van der Waals surface area contributed by atoms with E-state index in [1.807, 2.05) is 13.8 Å². The SMILES string of the molecule is Cc1c([C@H](C)NC(=O)c2ccc(=O)[nH]c2)cnn1-c1ccc(F)cc1. The Bertz CT molecular complexity index is 939. The molecular weight excluding hydrogens is 323 g/mol. The lowest BCUT2D eigenvalue weighted by Gasteiger charge is -2.14. The number of aromatic nitrogens is 3. The second kappa shape index (κ2) is 6.72. The Morgan fingerprint density at radius 1 is 1.24 bits per heavy atom. The molecule has 0 aliphatic heterocycles. The molecule has 0 saturated carbocycles. The topological polar surface area (TPSA) is 79.8 Å². The van der Waals surface area contributed by atoms with E-state index in [4.69, 9.17) is 0 Å². The molecule has 0 bridgehead atoms. The minimum atomic E-state index is -0.310. The van der Waals surface area contributed by atoms with Gasteiger partial charge in [0.15, 0.2) is 0 Å². The summed E-state index contributed by atoms with van der Waals surface area (Å²) in [6.45, 7) is 3.73. The number of hydrogen-bond donors (Lipinski definition) is 2. The minimum Gasteiger partial charge on any atom is -0.345 e. The number of halogens is 1. The summed E-state index contributed by atoms with van der Waals surface area (Å²) in [5, 5.41) is 7.20. The van der Waals surface area contributed by atoms with Crippen molar-refractivity contribution in [1.29, 1.82) is 0 Å². The van der Waals surface area contributed by atoms with E-state index < -0.39 is 0 Å². The van der Waals surface area contributed by atoms with Gasteiger partial charge in [-0.15, -0.1) is 0 Å². The first-order valence-corrected chi connectivity index (χ1v) is 7.76. The molecule has 2 N–H and O–H groups in total. The van der Waals surface area contributed by atoms with Gasteiger partial charge in [0, 0.05) is 23.5 Å². The van der Waals surface area contributed by atoms with E-state index in [2.05, 4.69) is 15.4 Å². The van der Waals surface area contributed by atoms with Crippen molar-refractivity contribution >= 4 is 5.91 Å². The molecule has 3 aromatic rings. The molecule has 1 aromatic carbocycles. The van der Waals surface area contributed by atoms with E-state index >= 15 is 0 Å². The smallest absolute Gasteiger partial charge is 0.253 e. The van der Waals surface area contributed by atoms with Crippen molar-refractivity contribution in [3.8, 4) is 5.69 Å². The Balaban J connectivity index is 1.80. The van der Waals surface area contributed by atoms with E-state index in [1.165, 1.54) is 30.5 Å². The highest BCUT2D eigenvalue weighted by Gasteiger charge is 2.17. The summed E-state index contributed by atoms with van der Waals surface area (Å²) in [7, 11) is 0. The van der Waals surface area contributed by atoms with Crippen LogP contribution in [-0.4, -0.2) is 20.7 Å². The summed E-state index contributed by atoms with van der Waals surface area (Å²) in [6.07, 6.45) is 3.05. The van der Waals surface area contributed by atoms with Gasteiger partial charge in [-0.25, -0.2) is 9.07 Å². The van der Waals surface area contributed by atoms with Crippen molar-refractivity contribution in [3.63, 3.8) is 0 Å². The summed E-state index contributed by atoms with van der Waals surface area (Å²) in [5.74, 6) is -0.604. The average Bonchev–Trinajstić information content (AvgIpc) is 2.98. The molecule has 0 spiro atoms. The van der Waals surface area contributed by atoms with Gasteiger partial charge >= 0.3 is 0 Å². The predicted octanol–water partition coefficient (Wildman–Crippen LogP) is 2.50. The number of rotatable bonds is 4. The maximum absolute atomic E-state index is 13.1. The second-order valence-corrected chi connectivity index (χ2v) is 5.71. The Kier molecular flexibility index (Phi) is 4.47. The van der Waals surface area contributed by atoms with Gasteiger partial charge in [-0.3, -0.25) is 9.59 Å². The summed E-state index contributed by atoms with van der Waals surface area (Å²) in [4.78, 5) is 25.8. The zero-order valence-corrected chi connectivity index (χ0v) is 13.8. The number of aromatic amines is 1. The van der Waals surface area contributed by atoms with Gasteiger partial charge < -0.3 is 10.3 Å². The van der Waals surface area contributed by atoms with Gasteiger partial charge in [-0.1, -0.05) is 0 Å². The van der Waals surface area contributed by atoms with Gasteiger partial charge in [0.2, 0.25) is 5.56 Å². The number of nitrogens with one attached hydrogen (secondary N) is 2. The third-order valence-electron chi connectivity index (χ3n) is 3.98. The van der Waals surface area contributed by atoms with Crippen LogP contribution < -0.4 is 10.9 Å². The number of pyridine rings is 1. The van der Waals surface area contributed by atoms with Crippen LogP contribution in [0.3, 0.4) is 0 Å². The zero-order valence-electron chi connectivity index (χ0n) is 13.8. The molecule has 128 valence electrons.